The first-order valence-corrected chi connectivity index (χ1v) is 6.28. The Bertz CT molecular complexity index is 740. The van der Waals surface area contributed by atoms with Gasteiger partial charge in [0.15, 0.2) is 0 Å². The summed E-state index contributed by atoms with van der Waals surface area (Å²) >= 11 is 6.05. The first kappa shape index (κ1) is 14.9. The van der Waals surface area contributed by atoms with Gasteiger partial charge in [-0.3, -0.25) is 10.7 Å². The summed E-state index contributed by atoms with van der Waals surface area (Å²) in [5.41, 5.74) is 3.71. The predicted molar refractivity (Wildman–Crippen MR) is 80.6 cm³/mol. The van der Waals surface area contributed by atoms with Gasteiger partial charge < -0.3 is 5.32 Å². The molecule has 0 aliphatic heterocycles. The molecule has 0 saturated heterocycles. The highest BCUT2D eigenvalue weighted by molar-refractivity contribution is 6.32. The molecule has 0 saturated carbocycles. The van der Waals surface area contributed by atoms with E-state index < -0.39 is 5.82 Å². The topological polar surface area (TPSA) is 68.1 Å². The molecule has 21 heavy (non-hydrogen) atoms. The number of hydrogen-bond acceptors (Lipinski definition) is 4. The van der Waals surface area contributed by atoms with Crippen LogP contribution in [0.15, 0.2) is 43.0 Å². The average molecular weight is 304 g/mol. The van der Waals surface area contributed by atoms with Gasteiger partial charge in [-0.2, -0.15) is 5.26 Å². The molecule has 6 heteroatoms. The third-order valence-electron chi connectivity index (χ3n) is 2.80. The SMILES string of the molecule is C=C(Nc1ccc(C#N)cc1F)c1cc(NO)ccc1Cl. The number of nitrogens with zero attached hydrogens (tertiary/aromatic N) is 1. The van der Waals surface area contributed by atoms with Gasteiger partial charge in [0.05, 0.1) is 28.0 Å². The van der Waals surface area contributed by atoms with Crippen LogP contribution < -0.4 is 10.8 Å². The second-order valence-corrected chi connectivity index (χ2v) is 4.62. The van der Waals surface area contributed by atoms with Crippen LogP contribution in [0, 0.1) is 17.1 Å². The van der Waals surface area contributed by atoms with Gasteiger partial charge in [0.2, 0.25) is 0 Å². The largest absolute Gasteiger partial charge is 0.353 e. The van der Waals surface area contributed by atoms with Crippen molar-refractivity contribution in [2.24, 2.45) is 0 Å². The Morgan fingerprint density at radius 3 is 2.67 bits per heavy atom. The summed E-state index contributed by atoms with van der Waals surface area (Å²) in [4.78, 5) is 0. The Balaban J connectivity index is 2.28. The lowest BCUT2D eigenvalue weighted by Gasteiger charge is -2.13. The van der Waals surface area contributed by atoms with E-state index in [1.165, 1.54) is 12.1 Å². The van der Waals surface area contributed by atoms with Crippen LogP contribution in [0.3, 0.4) is 0 Å². The van der Waals surface area contributed by atoms with E-state index in [4.69, 9.17) is 22.1 Å². The van der Waals surface area contributed by atoms with E-state index in [9.17, 15) is 4.39 Å². The Morgan fingerprint density at radius 2 is 2.05 bits per heavy atom. The van der Waals surface area contributed by atoms with E-state index >= 15 is 0 Å². The lowest BCUT2D eigenvalue weighted by atomic mass is 10.1. The van der Waals surface area contributed by atoms with Crippen molar-refractivity contribution in [1.82, 2.24) is 0 Å². The predicted octanol–water partition coefficient (Wildman–Crippen LogP) is 4.23. The minimum atomic E-state index is -0.567. The van der Waals surface area contributed by atoms with Crippen molar-refractivity contribution in [3.8, 4) is 6.07 Å². The summed E-state index contributed by atoms with van der Waals surface area (Å²) in [6.07, 6.45) is 0. The maximum Gasteiger partial charge on any atom is 0.147 e. The Hall–Kier alpha value is -2.55. The quantitative estimate of drug-likeness (QED) is 0.739. The number of nitriles is 1. The summed E-state index contributed by atoms with van der Waals surface area (Å²) in [7, 11) is 0. The molecular weight excluding hydrogens is 293 g/mol. The molecule has 4 nitrogen and oxygen atoms in total. The Kier molecular flexibility index (Phi) is 4.43. The van der Waals surface area contributed by atoms with Crippen LogP contribution in [-0.2, 0) is 0 Å². The maximum atomic E-state index is 13.8. The lowest BCUT2D eigenvalue weighted by Crippen LogP contribution is -2.01. The molecular formula is C15H11ClFN3O. The van der Waals surface area contributed by atoms with Crippen LogP contribution in [-0.4, -0.2) is 5.21 Å². The molecule has 0 unspecified atom stereocenters. The standard InChI is InChI=1S/C15H11ClFN3O/c1-9(12-7-11(20-21)3-4-13(12)16)19-15-5-2-10(8-18)6-14(15)17/h2-7,19-21H,1H2. The van der Waals surface area contributed by atoms with Crippen LogP contribution in [0.2, 0.25) is 5.02 Å². The van der Waals surface area contributed by atoms with Gasteiger partial charge in [-0.25, -0.2) is 4.39 Å². The molecule has 0 spiro atoms. The van der Waals surface area contributed by atoms with E-state index in [1.807, 2.05) is 11.5 Å². The molecule has 2 rings (SSSR count). The summed E-state index contributed by atoms with van der Waals surface area (Å²) in [5, 5.41) is 20.8. The molecule has 0 atom stereocenters. The highest BCUT2D eigenvalue weighted by atomic mass is 35.5. The van der Waals surface area contributed by atoms with Crippen LogP contribution in [0.25, 0.3) is 5.70 Å². The molecule has 2 aromatic rings. The zero-order valence-corrected chi connectivity index (χ0v) is 11.6. The maximum absolute atomic E-state index is 13.8. The van der Waals surface area contributed by atoms with Crippen LogP contribution >= 0.6 is 11.6 Å². The molecule has 0 fully saturated rings. The van der Waals surface area contributed by atoms with E-state index in [1.54, 1.807) is 18.2 Å². The third-order valence-corrected chi connectivity index (χ3v) is 3.13. The fourth-order valence-corrected chi connectivity index (χ4v) is 1.97. The van der Waals surface area contributed by atoms with Crippen molar-refractivity contribution in [3.63, 3.8) is 0 Å². The van der Waals surface area contributed by atoms with Crippen molar-refractivity contribution < 1.29 is 9.60 Å². The highest BCUT2D eigenvalue weighted by Crippen LogP contribution is 2.28. The monoisotopic (exact) mass is 303 g/mol. The van der Waals surface area contributed by atoms with Gasteiger partial charge in [0.25, 0.3) is 0 Å². The third kappa shape index (κ3) is 3.31. The van der Waals surface area contributed by atoms with Gasteiger partial charge in [0, 0.05) is 11.3 Å². The lowest BCUT2D eigenvalue weighted by molar-refractivity contribution is 0.389. The summed E-state index contributed by atoms with van der Waals surface area (Å²) in [5.74, 6) is -0.567. The highest BCUT2D eigenvalue weighted by Gasteiger charge is 2.09. The second kappa shape index (κ2) is 6.27. The fourth-order valence-electron chi connectivity index (χ4n) is 1.74. The molecule has 106 valence electrons. The molecule has 0 radical (unpaired) electrons. The number of hydrogen-bond donors (Lipinski definition) is 3. The van der Waals surface area contributed by atoms with Crippen LogP contribution in [0.1, 0.15) is 11.1 Å². The van der Waals surface area contributed by atoms with Gasteiger partial charge in [-0.05, 0) is 36.4 Å². The number of anilines is 2. The molecule has 0 amide bonds. The van der Waals surface area contributed by atoms with Crippen LogP contribution in [0.5, 0.6) is 0 Å². The number of rotatable bonds is 4. The van der Waals surface area contributed by atoms with E-state index in [0.29, 0.717) is 22.0 Å². The Morgan fingerprint density at radius 1 is 1.29 bits per heavy atom. The molecule has 0 aliphatic carbocycles. The van der Waals surface area contributed by atoms with Crippen molar-refractivity contribution in [1.29, 1.82) is 5.26 Å². The average Bonchev–Trinajstić information content (AvgIpc) is 2.49. The molecule has 0 aromatic heterocycles. The van der Waals surface area contributed by atoms with Crippen molar-refractivity contribution in [3.05, 3.63) is 64.9 Å². The van der Waals surface area contributed by atoms with Crippen molar-refractivity contribution >= 4 is 28.7 Å². The molecule has 0 bridgehead atoms. The van der Waals surface area contributed by atoms with Crippen molar-refractivity contribution in [2.75, 3.05) is 10.8 Å². The van der Waals surface area contributed by atoms with Crippen molar-refractivity contribution in [2.45, 2.75) is 0 Å². The van der Waals surface area contributed by atoms with E-state index in [0.717, 1.165) is 6.07 Å². The minimum absolute atomic E-state index is 0.178. The summed E-state index contributed by atoms with van der Waals surface area (Å²) in [6.45, 7) is 3.80. The van der Waals surface area contributed by atoms with E-state index in [-0.39, 0.29) is 11.3 Å². The van der Waals surface area contributed by atoms with Gasteiger partial charge >= 0.3 is 0 Å². The zero-order valence-electron chi connectivity index (χ0n) is 10.8. The van der Waals surface area contributed by atoms with Crippen LogP contribution in [0.4, 0.5) is 15.8 Å². The number of halogens is 2. The second-order valence-electron chi connectivity index (χ2n) is 4.22. The minimum Gasteiger partial charge on any atom is -0.353 e. The van der Waals surface area contributed by atoms with Gasteiger partial charge in [0.1, 0.15) is 5.82 Å². The summed E-state index contributed by atoms with van der Waals surface area (Å²) in [6, 6.07) is 10.7. The van der Waals surface area contributed by atoms with Gasteiger partial charge in [-0.15, -0.1) is 0 Å². The van der Waals surface area contributed by atoms with E-state index in [2.05, 4.69) is 11.9 Å². The van der Waals surface area contributed by atoms with Gasteiger partial charge in [-0.1, -0.05) is 18.2 Å². The fraction of sp³-hybridized carbons (Fsp3) is 0. The molecule has 3 N–H and O–H groups in total. The normalized spacial score (nSPS) is 9.81. The Labute approximate surface area is 126 Å². The first-order valence-electron chi connectivity index (χ1n) is 5.90. The first-order chi connectivity index (χ1) is 10.0. The number of benzene rings is 2. The number of nitrogens with one attached hydrogen (secondary N) is 2. The summed E-state index contributed by atoms with van der Waals surface area (Å²) < 4.78 is 13.8. The molecule has 0 aliphatic rings. The zero-order chi connectivity index (χ0) is 15.4. The smallest absolute Gasteiger partial charge is 0.147 e. The molecule has 0 heterocycles. The molecule has 2 aromatic carbocycles.